The molecule has 0 amide bonds. The Labute approximate surface area is 136 Å². The lowest BCUT2D eigenvalue weighted by molar-refractivity contribution is 0.0382. The first-order valence-electron chi connectivity index (χ1n) is 7.09. The maximum absolute atomic E-state index is 11.3. The molecule has 0 fully saturated rings. The number of benzene rings is 1. The Morgan fingerprint density at radius 3 is 2.09 bits per heavy atom. The molecule has 0 bridgehead atoms. The van der Waals surface area contributed by atoms with Crippen molar-refractivity contribution in [2.75, 3.05) is 46.4 Å². The fourth-order valence-electron chi connectivity index (χ4n) is 1.68. The van der Waals surface area contributed by atoms with Gasteiger partial charge in [0.05, 0.1) is 52.0 Å². The van der Waals surface area contributed by atoms with E-state index in [1.54, 1.807) is 12.1 Å². The van der Waals surface area contributed by atoms with Crippen molar-refractivity contribution in [3.63, 3.8) is 0 Å². The summed E-state index contributed by atoms with van der Waals surface area (Å²) in [6, 6.07) is 7.14. The van der Waals surface area contributed by atoms with Crippen molar-refractivity contribution in [1.82, 2.24) is 0 Å². The average Bonchev–Trinajstić information content (AvgIpc) is 2.52. The molecule has 7 nitrogen and oxygen atoms in total. The van der Waals surface area contributed by atoms with E-state index in [4.69, 9.17) is 9.47 Å². The third-order valence-electron chi connectivity index (χ3n) is 2.81. The number of esters is 1. The van der Waals surface area contributed by atoms with Gasteiger partial charge in [0.2, 0.25) is 0 Å². The lowest BCUT2D eigenvalue weighted by Gasteiger charge is -2.06. The molecular weight excluding hydrogens is 324 g/mol. The standard InChI is InChI=1S/C15H22O7S/c1-19-15(16)14-5-3-13(4-6-14)7-8-20-9-10-21-11-12-22-23(2,17)18/h3-6H,7-12H2,1-2H3. The van der Waals surface area contributed by atoms with Crippen LogP contribution in [0.5, 0.6) is 0 Å². The molecule has 0 spiro atoms. The number of carbonyl (C=O) groups is 1. The number of hydrogen-bond donors (Lipinski definition) is 0. The summed E-state index contributed by atoms with van der Waals surface area (Å²) in [6.45, 7) is 1.52. The molecule has 0 heterocycles. The minimum absolute atomic E-state index is 0.00533. The summed E-state index contributed by atoms with van der Waals surface area (Å²) in [4.78, 5) is 11.3. The van der Waals surface area contributed by atoms with E-state index < -0.39 is 10.1 Å². The molecule has 0 N–H and O–H groups in total. The number of carbonyl (C=O) groups excluding carboxylic acids is 1. The second kappa shape index (κ2) is 10.3. The highest BCUT2D eigenvalue weighted by Gasteiger charge is 2.04. The Kier molecular flexibility index (Phi) is 8.78. The zero-order valence-corrected chi connectivity index (χ0v) is 14.1. The van der Waals surface area contributed by atoms with Gasteiger partial charge >= 0.3 is 5.97 Å². The van der Waals surface area contributed by atoms with Gasteiger partial charge in [-0.05, 0) is 24.1 Å². The number of hydrogen-bond acceptors (Lipinski definition) is 7. The van der Waals surface area contributed by atoms with Crippen LogP contribution in [0.3, 0.4) is 0 Å². The van der Waals surface area contributed by atoms with Gasteiger partial charge in [-0.25, -0.2) is 4.79 Å². The maximum atomic E-state index is 11.3. The van der Waals surface area contributed by atoms with Gasteiger partial charge in [0, 0.05) is 0 Å². The highest BCUT2D eigenvalue weighted by Crippen LogP contribution is 2.06. The molecule has 0 aliphatic carbocycles. The van der Waals surface area contributed by atoms with Gasteiger partial charge in [0.15, 0.2) is 0 Å². The van der Waals surface area contributed by atoms with Crippen molar-refractivity contribution >= 4 is 16.1 Å². The number of ether oxygens (including phenoxy) is 3. The van der Waals surface area contributed by atoms with Crippen molar-refractivity contribution in [3.8, 4) is 0 Å². The van der Waals surface area contributed by atoms with Crippen LogP contribution in [0.2, 0.25) is 0 Å². The first-order valence-corrected chi connectivity index (χ1v) is 8.91. The summed E-state index contributed by atoms with van der Waals surface area (Å²) in [7, 11) is -2.06. The third-order valence-corrected chi connectivity index (χ3v) is 3.40. The topological polar surface area (TPSA) is 88.1 Å². The fraction of sp³-hybridized carbons (Fsp3) is 0.533. The molecule has 0 atom stereocenters. The first-order chi connectivity index (χ1) is 10.9. The Morgan fingerprint density at radius 1 is 0.957 bits per heavy atom. The quantitative estimate of drug-likeness (QED) is 0.336. The largest absolute Gasteiger partial charge is 0.465 e. The number of rotatable bonds is 11. The minimum Gasteiger partial charge on any atom is -0.465 e. The normalized spacial score (nSPS) is 11.4. The van der Waals surface area contributed by atoms with E-state index in [0.717, 1.165) is 18.2 Å². The lowest BCUT2D eigenvalue weighted by Crippen LogP contribution is -2.12. The summed E-state index contributed by atoms with van der Waals surface area (Å²) in [5.74, 6) is -0.357. The van der Waals surface area contributed by atoms with Gasteiger partial charge in [-0.2, -0.15) is 8.42 Å². The monoisotopic (exact) mass is 346 g/mol. The van der Waals surface area contributed by atoms with Crippen molar-refractivity contribution in [3.05, 3.63) is 35.4 Å². The summed E-state index contributed by atoms with van der Waals surface area (Å²) >= 11 is 0. The fourth-order valence-corrected chi connectivity index (χ4v) is 2.05. The molecule has 0 aromatic heterocycles. The Bertz CT molecular complexity index is 566. The molecule has 1 aromatic rings. The van der Waals surface area contributed by atoms with E-state index in [-0.39, 0.29) is 19.2 Å². The van der Waals surface area contributed by atoms with Gasteiger partial charge in [-0.3, -0.25) is 4.18 Å². The van der Waals surface area contributed by atoms with E-state index in [1.165, 1.54) is 7.11 Å². The first kappa shape index (κ1) is 19.6. The van der Waals surface area contributed by atoms with Crippen molar-refractivity contribution in [2.24, 2.45) is 0 Å². The molecule has 0 saturated carbocycles. The molecule has 0 saturated heterocycles. The van der Waals surface area contributed by atoms with Gasteiger partial charge in [-0.15, -0.1) is 0 Å². The van der Waals surface area contributed by atoms with E-state index in [9.17, 15) is 13.2 Å². The van der Waals surface area contributed by atoms with Crippen LogP contribution in [0.4, 0.5) is 0 Å². The zero-order valence-electron chi connectivity index (χ0n) is 13.3. The second-order valence-corrected chi connectivity index (χ2v) is 6.33. The highest BCUT2D eigenvalue weighted by molar-refractivity contribution is 7.85. The van der Waals surface area contributed by atoms with Crippen molar-refractivity contribution in [1.29, 1.82) is 0 Å². The van der Waals surface area contributed by atoms with Crippen LogP contribution >= 0.6 is 0 Å². The maximum Gasteiger partial charge on any atom is 0.337 e. The van der Waals surface area contributed by atoms with Crippen LogP contribution in [-0.4, -0.2) is 60.8 Å². The Balaban J connectivity index is 2.06. The summed E-state index contributed by atoms with van der Waals surface area (Å²) < 4.78 is 41.1. The molecule has 0 radical (unpaired) electrons. The van der Waals surface area contributed by atoms with Crippen LogP contribution in [0.15, 0.2) is 24.3 Å². The summed E-state index contributed by atoms with van der Waals surface area (Å²) in [6.07, 6.45) is 1.71. The van der Waals surface area contributed by atoms with Crippen LogP contribution in [0.25, 0.3) is 0 Å². The summed E-state index contributed by atoms with van der Waals surface area (Å²) in [5, 5.41) is 0. The minimum atomic E-state index is -3.41. The van der Waals surface area contributed by atoms with Crippen molar-refractivity contribution < 1.29 is 31.6 Å². The highest BCUT2D eigenvalue weighted by atomic mass is 32.2. The van der Waals surface area contributed by atoms with E-state index in [1.807, 2.05) is 12.1 Å². The van der Waals surface area contributed by atoms with Gasteiger partial charge in [-0.1, -0.05) is 12.1 Å². The Morgan fingerprint density at radius 2 is 1.52 bits per heavy atom. The predicted octanol–water partition coefficient (Wildman–Crippen LogP) is 1.03. The van der Waals surface area contributed by atoms with Crippen LogP contribution in [0, 0.1) is 0 Å². The predicted molar refractivity (Wildman–Crippen MR) is 83.9 cm³/mol. The second-order valence-electron chi connectivity index (χ2n) is 4.69. The smallest absolute Gasteiger partial charge is 0.337 e. The molecular formula is C15H22O7S. The molecule has 8 heteroatoms. The SMILES string of the molecule is COC(=O)c1ccc(CCOCCOCCOS(C)(=O)=O)cc1. The lowest BCUT2D eigenvalue weighted by atomic mass is 10.1. The van der Waals surface area contributed by atoms with Gasteiger partial charge in [0.1, 0.15) is 0 Å². The van der Waals surface area contributed by atoms with Gasteiger partial charge < -0.3 is 14.2 Å². The zero-order chi connectivity index (χ0) is 17.1. The third kappa shape index (κ3) is 9.29. The van der Waals surface area contributed by atoms with Gasteiger partial charge in [0.25, 0.3) is 10.1 Å². The van der Waals surface area contributed by atoms with Crippen molar-refractivity contribution in [2.45, 2.75) is 6.42 Å². The molecule has 1 aromatic carbocycles. The molecule has 0 aliphatic heterocycles. The van der Waals surface area contributed by atoms with Crippen LogP contribution < -0.4 is 0 Å². The van der Waals surface area contributed by atoms with E-state index >= 15 is 0 Å². The average molecular weight is 346 g/mol. The van der Waals surface area contributed by atoms with Crippen LogP contribution in [0.1, 0.15) is 15.9 Å². The molecule has 0 unspecified atom stereocenters. The van der Waals surface area contributed by atoms with E-state index in [0.29, 0.717) is 25.4 Å². The number of methoxy groups -OCH3 is 1. The van der Waals surface area contributed by atoms with E-state index in [2.05, 4.69) is 8.92 Å². The summed E-state index contributed by atoms with van der Waals surface area (Å²) in [5.41, 5.74) is 1.57. The molecule has 23 heavy (non-hydrogen) atoms. The molecule has 0 aliphatic rings. The Hall–Kier alpha value is -1.48. The molecule has 1 rings (SSSR count). The molecule has 130 valence electrons. The van der Waals surface area contributed by atoms with Crippen LogP contribution in [-0.2, 0) is 34.9 Å².